The highest BCUT2D eigenvalue weighted by Crippen LogP contribution is 2.34. The van der Waals surface area contributed by atoms with Crippen molar-refractivity contribution in [2.75, 3.05) is 24.5 Å². The van der Waals surface area contributed by atoms with Crippen LogP contribution in [-0.2, 0) is 11.3 Å². The Morgan fingerprint density at radius 2 is 2.00 bits per heavy atom. The predicted molar refractivity (Wildman–Crippen MR) is 80.8 cm³/mol. The summed E-state index contributed by atoms with van der Waals surface area (Å²) in [5.74, 6) is 0.455. The molecule has 0 aromatic carbocycles. The number of amides is 1. The van der Waals surface area contributed by atoms with Gasteiger partial charge in [0.1, 0.15) is 0 Å². The van der Waals surface area contributed by atoms with Gasteiger partial charge in [0.25, 0.3) is 0 Å². The minimum absolute atomic E-state index is 0.0275. The molecule has 0 N–H and O–H groups in total. The number of rotatable bonds is 3. The summed E-state index contributed by atoms with van der Waals surface area (Å²) in [4.78, 5) is 28.6. The smallest absolute Gasteiger partial charge is 0.228 e. The molecule has 0 unspecified atom stereocenters. The van der Waals surface area contributed by atoms with Crippen LogP contribution in [0.15, 0.2) is 36.9 Å². The molecule has 1 amide bonds. The molecule has 2 aromatic heterocycles. The van der Waals surface area contributed by atoms with Crippen LogP contribution < -0.4 is 4.90 Å². The first-order valence-corrected chi connectivity index (χ1v) is 7.61. The van der Waals surface area contributed by atoms with E-state index in [2.05, 4.69) is 15.0 Å². The third-order valence-corrected chi connectivity index (χ3v) is 4.51. The fourth-order valence-electron chi connectivity index (χ4n) is 3.43. The molecule has 2 saturated heterocycles. The molecule has 0 radical (unpaired) electrons. The maximum absolute atomic E-state index is 12.9. The molecule has 2 aliphatic rings. The summed E-state index contributed by atoms with van der Waals surface area (Å²) in [6, 6.07) is 3.86. The lowest BCUT2D eigenvalue weighted by Crippen LogP contribution is -2.33. The molecule has 6 nitrogen and oxygen atoms in total. The van der Waals surface area contributed by atoms with Gasteiger partial charge in [-0.3, -0.25) is 9.78 Å². The Balaban J connectivity index is 1.44. The minimum atomic E-state index is -0.452. The summed E-state index contributed by atoms with van der Waals surface area (Å²) in [5.41, 5.74) is 1.04. The van der Waals surface area contributed by atoms with Gasteiger partial charge in [-0.1, -0.05) is 6.07 Å². The molecule has 4 rings (SSSR count). The number of hydrogen-bond donors (Lipinski definition) is 0. The predicted octanol–water partition coefficient (Wildman–Crippen LogP) is 1.11. The van der Waals surface area contributed by atoms with Gasteiger partial charge in [-0.2, -0.15) is 0 Å². The lowest BCUT2D eigenvalue weighted by atomic mass is 10.0. The van der Waals surface area contributed by atoms with E-state index in [4.69, 9.17) is 0 Å². The van der Waals surface area contributed by atoms with Crippen LogP contribution >= 0.6 is 0 Å². The standard InChI is InChI=1S/C16H16FN5O/c17-13-5-19-16(20-6-13)22-9-12-8-21(15(23)14(12)10-22)7-11-2-1-3-18-4-11/h1-6,12,14H,7-10H2/t12-,14+/m1/s1. The van der Waals surface area contributed by atoms with Crippen molar-refractivity contribution in [1.82, 2.24) is 19.9 Å². The van der Waals surface area contributed by atoms with E-state index in [1.165, 1.54) is 0 Å². The molecule has 118 valence electrons. The van der Waals surface area contributed by atoms with Crippen LogP contribution in [0.3, 0.4) is 0 Å². The van der Waals surface area contributed by atoms with E-state index in [0.29, 0.717) is 19.0 Å². The van der Waals surface area contributed by atoms with E-state index in [9.17, 15) is 9.18 Å². The van der Waals surface area contributed by atoms with E-state index in [-0.39, 0.29) is 17.7 Å². The first kappa shape index (κ1) is 14.0. The number of halogens is 1. The van der Waals surface area contributed by atoms with Gasteiger partial charge in [-0.05, 0) is 11.6 Å². The largest absolute Gasteiger partial charge is 0.340 e. The van der Waals surface area contributed by atoms with Crippen LogP contribution in [-0.4, -0.2) is 45.4 Å². The third-order valence-electron chi connectivity index (χ3n) is 4.51. The summed E-state index contributed by atoms with van der Waals surface area (Å²) in [6.07, 6.45) is 5.84. The van der Waals surface area contributed by atoms with Gasteiger partial charge >= 0.3 is 0 Å². The highest BCUT2D eigenvalue weighted by molar-refractivity contribution is 5.83. The minimum Gasteiger partial charge on any atom is -0.340 e. The first-order chi connectivity index (χ1) is 11.2. The Kier molecular flexibility index (Phi) is 3.40. The number of likely N-dealkylation sites (tertiary alicyclic amines) is 1. The van der Waals surface area contributed by atoms with Crippen LogP contribution in [0.25, 0.3) is 0 Å². The van der Waals surface area contributed by atoms with Crippen molar-refractivity contribution in [3.05, 3.63) is 48.3 Å². The summed E-state index contributed by atoms with van der Waals surface area (Å²) < 4.78 is 12.9. The Hall–Kier alpha value is -2.57. The van der Waals surface area contributed by atoms with E-state index in [1.54, 1.807) is 12.4 Å². The van der Waals surface area contributed by atoms with Crippen molar-refractivity contribution >= 4 is 11.9 Å². The number of carbonyl (C=O) groups is 1. The fourth-order valence-corrected chi connectivity index (χ4v) is 3.43. The SMILES string of the molecule is O=C1[C@H]2CN(c3ncc(F)cn3)C[C@H]2CN1Cc1cccnc1. The fraction of sp³-hybridized carbons (Fsp3) is 0.375. The molecule has 0 bridgehead atoms. The zero-order chi connectivity index (χ0) is 15.8. The molecule has 2 atom stereocenters. The number of fused-ring (bicyclic) bond motifs is 1. The average Bonchev–Trinajstić information content (AvgIpc) is 3.10. The van der Waals surface area contributed by atoms with Gasteiger partial charge in [0, 0.05) is 44.5 Å². The van der Waals surface area contributed by atoms with Gasteiger partial charge in [0.2, 0.25) is 11.9 Å². The van der Waals surface area contributed by atoms with E-state index in [0.717, 1.165) is 31.0 Å². The van der Waals surface area contributed by atoms with Gasteiger partial charge in [0.15, 0.2) is 5.82 Å². The normalized spacial score (nSPS) is 23.4. The van der Waals surface area contributed by atoms with Crippen LogP contribution in [0, 0.1) is 17.7 Å². The monoisotopic (exact) mass is 313 g/mol. The number of anilines is 1. The molecular formula is C16H16FN5O. The van der Waals surface area contributed by atoms with Crippen molar-refractivity contribution in [3.8, 4) is 0 Å². The zero-order valence-corrected chi connectivity index (χ0v) is 12.5. The summed E-state index contributed by atoms with van der Waals surface area (Å²) >= 11 is 0. The van der Waals surface area contributed by atoms with Crippen molar-refractivity contribution in [3.63, 3.8) is 0 Å². The molecule has 4 heterocycles. The Labute approximate surface area is 133 Å². The van der Waals surface area contributed by atoms with Crippen LogP contribution in [0.2, 0.25) is 0 Å². The average molecular weight is 313 g/mol. The van der Waals surface area contributed by atoms with E-state index < -0.39 is 5.82 Å². The molecule has 0 aliphatic carbocycles. The Bertz CT molecular complexity index is 708. The Morgan fingerprint density at radius 1 is 1.17 bits per heavy atom. The van der Waals surface area contributed by atoms with Gasteiger partial charge < -0.3 is 9.80 Å². The molecule has 7 heteroatoms. The quantitative estimate of drug-likeness (QED) is 0.849. The number of pyridine rings is 1. The third kappa shape index (κ3) is 2.62. The van der Waals surface area contributed by atoms with Crippen molar-refractivity contribution in [1.29, 1.82) is 0 Å². The molecule has 2 aromatic rings. The van der Waals surface area contributed by atoms with Crippen molar-refractivity contribution < 1.29 is 9.18 Å². The number of aromatic nitrogens is 3. The Morgan fingerprint density at radius 3 is 2.70 bits per heavy atom. The van der Waals surface area contributed by atoms with Gasteiger partial charge in [-0.15, -0.1) is 0 Å². The van der Waals surface area contributed by atoms with Crippen LogP contribution in [0.4, 0.5) is 10.3 Å². The summed E-state index contributed by atoms with van der Waals surface area (Å²) in [5, 5.41) is 0. The maximum Gasteiger partial charge on any atom is 0.228 e. The van der Waals surface area contributed by atoms with E-state index >= 15 is 0 Å². The van der Waals surface area contributed by atoms with Crippen LogP contribution in [0.1, 0.15) is 5.56 Å². The lowest BCUT2D eigenvalue weighted by molar-refractivity contribution is -0.131. The number of nitrogens with zero attached hydrogens (tertiary/aromatic N) is 5. The second-order valence-electron chi connectivity index (χ2n) is 6.05. The van der Waals surface area contributed by atoms with E-state index in [1.807, 2.05) is 21.9 Å². The van der Waals surface area contributed by atoms with Crippen molar-refractivity contribution in [2.24, 2.45) is 11.8 Å². The second-order valence-corrected chi connectivity index (χ2v) is 6.05. The highest BCUT2D eigenvalue weighted by Gasteiger charge is 2.46. The summed E-state index contributed by atoms with van der Waals surface area (Å²) in [7, 11) is 0. The van der Waals surface area contributed by atoms with Crippen molar-refractivity contribution in [2.45, 2.75) is 6.54 Å². The lowest BCUT2D eigenvalue weighted by Gasteiger charge is -2.21. The highest BCUT2D eigenvalue weighted by atomic mass is 19.1. The second kappa shape index (κ2) is 5.57. The molecule has 0 spiro atoms. The first-order valence-electron chi connectivity index (χ1n) is 7.61. The number of carbonyl (C=O) groups excluding carboxylic acids is 1. The summed E-state index contributed by atoms with van der Waals surface area (Å²) in [6.45, 7) is 2.66. The molecule has 23 heavy (non-hydrogen) atoms. The van der Waals surface area contributed by atoms with Crippen LogP contribution in [0.5, 0.6) is 0 Å². The maximum atomic E-state index is 12.9. The van der Waals surface area contributed by atoms with Gasteiger partial charge in [0.05, 0.1) is 18.3 Å². The molecule has 2 fully saturated rings. The topological polar surface area (TPSA) is 62.2 Å². The molecule has 2 aliphatic heterocycles. The zero-order valence-electron chi connectivity index (χ0n) is 12.5. The molecule has 0 saturated carbocycles. The molecular weight excluding hydrogens is 297 g/mol. The number of hydrogen-bond acceptors (Lipinski definition) is 5. The van der Waals surface area contributed by atoms with Gasteiger partial charge in [-0.25, -0.2) is 14.4 Å².